The molecule has 6 atom stereocenters. The van der Waals surface area contributed by atoms with Crippen LogP contribution in [0.3, 0.4) is 0 Å². The molecule has 2 aliphatic carbocycles. The largest absolute Gasteiger partial charge is 0.491 e. The summed E-state index contributed by atoms with van der Waals surface area (Å²) < 4.78 is 48.6. The Labute approximate surface area is 610 Å². The third-order valence-corrected chi connectivity index (χ3v) is 18.9. The number of para-hydroxylation sites is 1. The van der Waals surface area contributed by atoms with Crippen molar-refractivity contribution >= 4 is 39.9 Å². The predicted octanol–water partition coefficient (Wildman–Crippen LogP) is 8.79. The number of likely N-dealkylation sites (tertiary alicyclic amines) is 1. The van der Waals surface area contributed by atoms with Gasteiger partial charge >= 0.3 is 0 Å². The number of aromatic nitrogens is 6. The minimum atomic E-state index is -0.684. The third-order valence-electron chi connectivity index (χ3n) is 18.9. The van der Waals surface area contributed by atoms with Crippen molar-refractivity contribution in [3.05, 3.63) is 139 Å². The monoisotopic (exact) mass is 1430 g/mol. The lowest BCUT2D eigenvalue weighted by molar-refractivity contribution is -0.132. The molecule has 11 rings (SSSR count). The lowest BCUT2D eigenvalue weighted by Crippen LogP contribution is -2.33. The van der Waals surface area contributed by atoms with Crippen LogP contribution in [0.4, 0.5) is 17.5 Å². The predicted molar refractivity (Wildman–Crippen MR) is 403 cm³/mol. The minimum Gasteiger partial charge on any atom is -0.491 e. The summed E-state index contributed by atoms with van der Waals surface area (Å²) in [5.74, 6) is 6.49. The molecule has 3 aliphatic rings. The average molecular weight is 1430 g/mol. The Morgan fingerprint density at radius 2 is 1.16 bits per heavy atom. The van der Waals surface area contributed by atoms with Gasteiger partial charge < -0.3 is 88.9 Å². The number of ether oxygens (including phenoxy) is 7. The number of nitrogens with zero attached hydrogens (tertiary/aromatic N) is 9. The van der Waals surface area contributed by atoms with Gasteiger partial charge in [-0.2, -0.15) is 0 Å². The number of anilines is 3. The molecule has 0 bridgehead atoms. The number of carbonyl (C=O) groups excluding carboxylic acids is 1. The fourth-order valence-corrected chi connectivity index (χ4v) is 13.4. The fraction of sp³-hybridized carbons (Fsp3) is 0.481. The van der Waals surface area contributed by atoms with E-state index in [0.29, 0.717) is 176 Å². The number of likely N-dealkylation sites (N-methyl/N-ethyl adjacent to an activating group) is 3. The van der Waals surface area contributed by atoms with E-state index in [2.05, 4.69) is 49.3 Å². The molecule has 1 aliphatic heterocycles. The smallest absolute Gasteiger partial charge is 0.228 e. The van der Waals surface area contributed by atoms with Crippen LogP contribution < -0.4 is 45.3 Å². The summed E-state index contributed by atoms with van der Waals surface area (Å²) in [7, 11) is 8.78. The topological polar surface area (TPSA) is 291 Å². The average Bonchev–Trinajstić information content (AvgIpc) is 1.76. The first-order valence-electron chi connectivity index (χ1n) is 36.6. The second-order valence-corrected chi connectivity index (χ2v) is 26.9. The van der Waals surface area contributed by atoms with Gasteiger partial charge in [0.2, 0.25) is 5.91 Å². The van der Waals surface area contributed by atoms with E-state index in [4.69, 9.17) is 67.5 Å². The van der Waals surface area contributed by atoms with Crippen molar-refractivity contribution in [1.29, 1.82) is 0 Å². The summed E-state index contributed by atoms with van der Waals surface area (Å²) in [6.45, 7) is 8.32. The number of aliphatic hydroxyl groups is 3. The normalized spacial score (nSPS) is 16.8. The van der Waals surface area contributed by atoms with Crippen LogP contribution in [0.15, 0.2) is 132 Å². The van der Waals surface area contributed by atoms with E-state index < -0.39 is 18.3 Å². The van der Waals surface area contributed by atoms with Crippen LogP contribution >= 0.6 is 0 Å². The Balaban J connectivity index is 0.716. The van der Waals surface area contributed by atoms with Crippen molar-refractivity contribution in [1.82, 2.24) is 50.8 Å². The first-order valence-corrected chi connectivity index (χ1v) is 36.6. The third kappa shape index (κ3) is 21.9. The van der Waals surface area contributed by atoms with Gasteiger partial charge in [-0.15, -0.1) is 0 Å². The number of allylic oxidation sites excluding steroid dienone is 2. The van der Waals surface area contributed by atoms with Gasteiger partial charge in [-0.3, -0.25) is 4.79 Å². The van der Waals surface area contributed by atoms with E-state index in [1.54, 1.807) is 35.4 Å². The number of hydrogen-bond donors (Lipinski definition) is 7. The number of furan rings is 1. The first-order chi connectivity index (χ1) is 50.9. The molecule has 6 unspecified atom stereocenters. The molecule has 7 N–H and O–H groups in total. The number of nitrogens with one attached hydrogen (secondary N) is 4. The van der Waals surface area contributed by atoms with Gasteiger partial charge in [0, 0.05) is 138 Å². The zero-order valence-corrected chi connectivity index (χ0v) is 60.7. The van der Waals surface area contributed by atoms with Gasteiger partial charge in [-0.1, -0.05) is 60.7 Å². The van der Waals surface area contributed by atoms with Crippen molar-refractivity contribution < 1.29 is 57.7 Å². The molecule has 1 saturated heterocycles. The van der Waals surface area contributed by atoms with Crippen LogP contribution in [0.2, 0.25) is 0 Å². The summed E-state index contributed by atoms with van der Waals surface area (Å²) in [6, 6.07) is 38.8. The van der Waals surface area contributed by atoms with Crippen molar-refractivity contribution in [3.8, 4) is 62.9 Å². The number of hydrogen-bond acceptors (Lipinski definition) is 24. The maximum atomic E-state index is 14.0. The molecular formula is C79H103N13O12. The van der Waals surface area contributed by atoms with E-state index in [1.807, 2.05) is 114 Å². The summed E-state index contributed by atoms with van der Waals surface area (Å²) in [6.07, 6.45) is 7.51. The lowest BCUT2D eigenvalue weighted by atomic mass is 10.0. The molecule has 5 heterocycles. The maximum Gasteiger partial charge on any atom is 0.228 e. The molecular weight excluding hydrogens is 1320 g/mol. The number of amides is 1. The number of rotatable bonds is 44. The van der Waals surface area contributed by atoms with Crippen molar-refractivity contribution in [2.75, 3.05) is 175 Å². The van der Waals surface area contributed by atoms with Crippen LogP contribution in [0.1, 0.15) is 68.7 Å². The van der Waals surface area contributed by atoms with Gasteiger partial charge in [0.05, 0.1) is 44.6 Å². The molecule has 25 nitrogen and oxygen atoms in total. The van der Waals surface area contributed by atoms with Crippen LogP contribution in [0, 0.1) is 11.8 Å². The Bertz CT molecular complexity index is 4000. The molecule has 1 saturated carbocycles. The minimum absolute atomic E-state index is 0.0856. The van der Waals surface area contributed by atoms with Gasteiger partial charge in [0.25, 0.3) is 0 Å². The summed E-state index contributed by atoms with van der Waals surface area (Å²) >= 11 is 0. The summed E-state index contributed by atoms with van der Waals surface area (Å²) in [4.78, 5) is 51.0. The Morgan fingerprint density at radius 3 is 1.75 bits per heavy atom. The van der Waals surface area contributed by atoms with Crippen LogP contribution in [-0.4, -0.2) is 235 Å². The van der Waals surface area contributed by atoms with Crippen molar-refractivity contribution in [2.45, 2.75) is 75.6 Å². The molecule has 4 aromatic carbocycles. The molecule has 104 heavy (non-hydrogen) atoms. The second-order valence-electron chi connectivity index (χ2n) is 26.9. The molecule has 8 aromatic rings. The standard InChI is InChI=1S/C79H103N13O12/c1-80-46-62(93)51-101-65-20-10-17-58(39-65)76-86-70(72-42-57-16-8-9-23-71(57)104-72)43-73(87-76)83-27-13-28-92-29-26-61(79(92)96)50-100-37-33-91(31-35-98-5)75-45-69(85-78(89-75)60-19-12-22-67(41-60)103-53-64(95)48-82-3)56-25-24-54(38-56)49-99-36-32-90(30-34-97-4)74-44-68(55-14-6-7-15-55)84-77(88-74)59-18-11-21-66(40-59)102-52-63(94)47-81-2/h8-12,14,16-23,39-45,54,56,61-64,80-82,93-95H,6-7,13,15,24-38,46-53H2,1-5H3,(H,83,86,87). The van der Waals surface area contributed by atoms with Crippen molar-refractivity contribution in [3.63, 3.8) is 0 Å². The lowest BCUT2D eigenvalue weighted by Gasteiger charge is -2.25. The number of aliphatic hydroxyl groups excluding tert-OH is 3. The SMILES string of the molecule is CNCC(O)COc1cccc(-c2nc(NCCCN3CCC(COCCN(CCOC)c4cc(C5CCC(COCCN(CCOC)c6cc(C7=CCCC7)nc(-c7cccc(OCC(O)CNC)c7)n6)C5)nc(-c5cccc(OCC(O)CNC)c5)n4)C3=O)cc(-c3cc4ccccc4o3)n2)c1. The number of methoxy groups -OCH3 is 2. The van der Waals surface area contributed by atoms with E-state index in [1.165, 1.54) is 5.57 Å². The van der Waals surface area contributed by atoms with E-state index >= 15 is 0 Å². The van der Waals surface area contributed by atoms with Crippen LogP contribution in [0.25, 0.3) is 62.2 Å². The molecule has 2 fully saturated rings. The Morgan fingerprint density at radius 1 is 0.596 bits per heavy atom. The Kier molecular flexibility index (Phi) is 28.9. The highest BCUT2D eigenvalue weighted by atomic mass is 16.5. The Hall–Kier alpha value is -8.73. The van der Waals surface area contributed by atoms with E-state index in [-0.39, 0.29) is 37.6 Å². The van der Waals surface area contributed by atoms with Gasteiger partial charge in [0.15, 0.2) is 23.2 Å². The number of fused-ring (bicyclic) bond motifs is 1. The zero-order chi connectivity index (χ0) is 72.4. The van der Waals surface area contributed by atoms with E-state index in [0.717, 1.165) is 89.2 Å². The summed E-state index contributed by atoms with van der Waals surface area (Å²) in [5.41, 5.74) is 6.79. The highest BCUT2D eigenvalue weighted by Crippen LogP contribution is 2.40. The highest BCUT2D eigenvalue weighted by molar-refractivity contribution is 5.83. The zero-order valence-electron chi connectivity index (χ0n) is 60.7. The van der Waals surface area contributed by atoms with Crippen LogP contribution in [-0.2, 0) is 23.7 Å². The molecule has 0 spiro atoms. The van der Waals surface area contributed by atoms with Crippen molar-refractivity contribution in [2.24, 2.45) is 11.8 Å². The molecule has 0 radical (unpaired) electrons. The van der Waals surface area contributed by atoms with E-state index in [9.17, 15) is 20.1 Å². The number of benzene rings is 4. The second kappa shape index (κ2) is 39.4. The summed E-state index contributed by atoms with van der Waals surface area (Å²) in [5, 5.41) is 44.5. The maximum absolute atomic E-state index is 14.0. The molecule has 25 heteroatoms. The first kappa shape index (κ1) is 76.4. The van der Waals surface area contributed by atoms with Gasteiger partial charge in [-0.25, -0.2) is 29.9 Å². The van der Waals surface area contributed by atoms with Crippen LogP contribution in [0.5, 0.6) is 17.2 Å². The van der Waals surface area contributed by atoms with Gasteiger partial charge in [-0.05, 0) is 133 Å². The molecule has 556 valence electrons. The molecule has 1 amide bonds. The quantitative estimate of drug-likeness (QED) is 0.0176. The van der Waals surface area contributed by atoms with Gasteiger partial charge in [0.1, 0.15) is 84.1 Å². The highest BCUT2D eigenvalue weighted by Gasteiger charge is 2.33. The molecule has 4 aromatic heterocycles. The fourth-order valence-electron chi connectivity index (χ4n) is 13.4. The number of carbonyl (C=O) groups is 1.